The van der Waals surface area contributed by atoms with E-state index in [1.165, 1.54) is 0 Å². The second-order valence-corrected chi connectivity index (χ2v) is 5.01. The lowest BCUT2D eigenvalue weighted by Gasteiger charge is -2.13. The molecular formula is C15H23N3O2. The van der Waals surface area contributed by atoms with Gasteiger partial charge in [0.25, 0.3) is 0 Å². The number of hydrogen-bond donors (Lipinski definition) is 3. The van der Waals surface area contributed by atoms with Crippen molar-refractivity contribution in [3.05, 3.63) is 29.8 Å². The van der Waals surface area contributed by atoms with E-state index in [0.717, 1.165) is 37.2 Å². The Hall–Kier alpha value is -1.75. The largest absolute Gasteiger partial charge is 0.494 e. The molecule has 0 unspecified atom stereocenters. The summed E-state index contributed by atoms with van der Waals surface area (Å²) in [5, 5.41) is 9.05. The van der Waals surface area contributed by atoms with Gasteiger partial charge in [-0.15, -0.1) is 0 Å². The van der Waals surface area contributed by atoms with E-state index >= 15 is 0 Å². The summed E-state index contributed by atoms with van der Waals surface area (Å²) in [5.41, 5.74) is 1.04. The zero-order chi connectivity index (χ0) is 14.2. The molecule has 1 heterocycles. The van der Waals surface area contributed by atoms with Crippen LogP contribution in [-0.2, 0) is 6.54 Å². The molecule has 1 fully saturated rings. The summed E-state index contributed by atoms with van der Waals surface area (Å²) in [6.45, 7) is 5.13. The predicted molar refractivity (Wildman–Crippen MR) is 78.9 cm³/mol. The second-order valence-electron chi connectivity index (χ2n) is 5.01. The van der Waals surface area contributed by atoms with E-state index in [4.69, 9.17) is 4.74 Å². The summed E-state index contributed by atoms with van der Waals surface area (Å²) in [6.07, 6.45) is 1.98. The first-order chi connectivity index (χ1) is 9.78. The minimum atomic E-state index is -0.112. The van der Waals surface area contributed by atoms with Crippen molar-refractivity contribution < 1.29 is 9.53 Å². The van der Waals surface area contributed by atoms with Gasteiger partial charge in [0.1, 0.15) is 5.75 Å². The number of amides is 2. The molecule has 0 spiro atoms. The monoisotopic (exact) mass is 277 g/mol. The highest BCUT2D eigenvalue weighted by Crippen LogP contribution is 2.13. The minimum Gasteiger partial charge on any atom is -0.494 e. The Kier molecular flexibility index (Phi) is 5.68. The van der Waals surface area contributed by atoms with Crippen molar-refractivity contribution in [2.45, 2.75) is 32.4 Å². The number of hydrogen-bond acceptors (Lipinski definition) is 3. The first-order valence-electron chi connectivity index (χ1n) is 7.24. The maximum Gasteiger partial charge on any atom is 0.315 e. The molecule has 1 aliphatic heterocycles. The van der Waals surface area contributed by atoms with E-state index in [2.05, 4.69) is 22.9 Å². The zero-order valence-electron chi connectivity index (χ0n) is 11.9. The van der Waals surface area contributed by atoms with Gasteiger partial charge >= 0.3 is 6.03 Å². The fourth-order valence-electron chi connectivity index (χ4n) is 2.16. The Labute approximate surface area is 120 Å². The third-order valence-electron chi connectivity index (χ3n) is 3.22. The van der Waals surface area contributed by atoms with Gasteiger partial charge < -0.3 is 20.7 Å². The van der Waals surface area contributed by atoms with Crippen molar-refractivity contribution in [3.8, 4) is 5.75 Å². The summed E-state index contributed by atoms with van der Waals surface area (Å²) in [5.74, 6) is 0.853. The van der Waals surface area contributed by atoms with Crippen molar-refractivity contribution in [3.63, 3.8) is 0 Å². The molecule has 3 N–H and O–H groups in total. The lowest BCUT2D eigenvalue weighted by Crippen LogP contribution is -2.42. The van der Waals surface area contributed by atoms with Crippen LogP contribution in [-0.4, -0.2) is 31.8 Å². The highest BCUT2D eigenvalue weighted by atomic mass is 16.5. The third-order valence-corrected chi connectivity index (χ3v) is 3.22. The van der Waals surface area contributed by atoms with Crippen LogP contribution >= 0.6 is 0 Å². The molecule has 1 aromatic rings. The molecule has 20 heavy (non-hydrogen) atoms. The second kappa shape index (κ2) is 7.75. The molecule has 0 saturated carbocycles. The van der Waals surface area contributed by atoms with E-state index < -0.39 is 0 Å². The fourth-order valence-corrected chi connectivity index (χ4v) is 2.16. The van der Waals surface area contributed by atoms with Crippen LogP contribution in [0.2, 0.25) is 0 Å². The molecule has 0 aliphatic carbocycles. The summed E-state index contributed by atoms with van der Waals surface area (Å²) in [7, 11) is 0. The standard InChI is InChI=1S/C15H23N3O2/c1-2-8-20-14-5-3-4-12(9-14)10-17-15(19)18-13-6-7-16-11-13/h3-5,9,13,16H,2,6-8,10-11H2,1H3,(H2,17,18,19)/t13-/m0/s1. The van der Waals surface area contributed by atoms with Crippen LogP contribution in [0.5, 0.6) is 5.75 Å². The molecule has 0 aromatic heterocycles. The van der Waals surface area contributed by atoms with Crippen LogP contribution in [0.1, 0.15) is 25.3 Å². The number of carbonyl (C=O) groups is 1. The SMILES string of the molecule is CCCOc1cccc(CNC(=O)N[C@H]2CCNC2)c1. The number of benzene rings is 1. The Balaban J connectivity index is 1.76. The van der Waals surface area contributed by atoms with Crippen molar-refractivity contribution in [1.29, 1.82) is 0 Å². The topological polar surface area (TPSA) is 62.4 Å². The first-order valence-corrected chi connectivity index (χ1v) is 7.24. The van der Waals surface area contributed by atoms with Gasteiger partial charge in [-0.2, -0.15) is 0 Å². The van der Waals surface area contributed by atoms with Crippen LogP contribution in [0.25, 0.3) is 0 Å². The van der Waals surface area contributed by atoms with Gasteiger partial charge in [0.15, 0.2) is 0 Å². The Morgan fingerprint density at radius 3 is 3.15 bits per heavy atom. The average Bonchev–Trinajstić information content (AvgIpc) is 2.96. The highest BCUT2D eigenvalue weighted by molar-refractivity contribution is 5.74. The van der Waals surface area contributed by atoms with Gasteiger partial charge in [0, 0.05) is 19.1 Å². The number of carbonyl (C=O) groups excluding carboxylic acids is 1. The van der Waals surface area contributed by atoms with Gasteiger partial charge in [-0.25, -0.2) is 4.79 Å². The van der Waals surface area contributed by atoms with Crippen LogP contribution in [0.15, 0.2) is 24.3 Å². The maximum atomic E-state index is 11.7. The Morgan fingerprint density at radius 2 is 2.40 bits per heavy atom. The highest BCUT2D eigenvalue weighted by Gasteiger charge is 2.16. The third kappa shape index (κ3) is 4.74. The smallest absolute Gasteiger partial charge is 0.315 e. The summed E-state index contributed by atoms with van der Waals surface area (Å²) >= 11 is 0. The van der Waals surface area contributed by atoms with Crippen molar-refractivity contribution in [1.82, 2.24) is 16.0 Å². The zero-order valence-corrected chi connectivity index (χ0v) is 11.9. The number of ether oxygens (including phenoxy) is 1. The molecule has 5 nitrogen and oxygen atoms in total. The lowest BCUT2D eigenvalue weighted by molar-refractivity contribution is 0.237. The number of nitrogens with one attached hydrogen (secondary N) is 3. The minimum absolute atomic E-state index is 0.112. The van der Waals surface area contributed by atoms with Gasteiger partial charge in [-0.1, -0.05) is 19.1 Å². The molecule has 1 atom stereocenters. The lowest BCUT2D eigenvalue weighted by atomic mass is 10.2. The molecule has 1 saturated heterocycles. The Bertz CT molecular complexity index is 431. The number of rotatable bonds is 6. The van der Waals surface area contributed by atoms with E-state index in [-0.39, 0.29) is 12.1 Å². The van der Waals surface area contributed by atoms with E-state index in [9.17, 15) is 4.79 Å². The van der Waals surface area contributed by atoms with Crippen molar-refractivity contribution in [2.24, 2.45) is 0 Å². The van der Waals surface area contributed by atoms with Gasteiger partial charge in [0.05, 0.1) is 6.61 Å². The summed E-state index contributed by atoms with van der Waals surface area (Å²) < 4.78 is 5.57. The van der Waals surface area contributed by atoms with E-state index in [1.807, 2.05) is 24.3 Å². The number of urea groups is 1. The van der Waals surface area contributed by atoms with Crippen molar-refractivity contribution in [2.75, 3.05) is 19.7 Å². The molecule has 110 valence electrons. The van der Waals surface area contributed by atoms with E-state index in [0.29, 0.717) is 13.2 Å². The molecule has 1 aromatic carbocycles. The first kappa shape index (κ1) is 14.7. The van der Waals surface area contributed by atoms with Gasteiger partial charge in [-0.05, 0) is 37.1 Å². The predicted octanol–water partition coefficient (Wildman–Crippen LogP) is 1.64. The molecule has 0 radical (unpaired) electrons. The molecular weight excluding hydrogens is 254 g/mol. The summed E-state index contributed by atoms with van der Waals surface area (Å²) in [6, 6.07) is 7.96. The molecule has 2 rings (SSSR count). The van der Waals surface area contributed by atoms with Gasteiger partial charge in [-0.3, -0.25) is 0 Å². The normalized spacial score (nSPS) is 17.8. The maximum absolute atomic E-state index is 11.7. The van der Waals surface area contributed by atoms with Crippen LogP contribution in [0.4, 0.5) is 4.79 Å². The van der Waals surface area contributed by atoms with Crippen LogP contribution in [0.3, 0.4) is 0 Å². The van der Waals surface area contributed by atoms with Gasteiger partial charge in [0.2, 0.25) is 0 Å². The quantitative estimate of drug-likeness (QED) is 0.740. The van der Waals surface area contributed by atoms with Crippen LogP contribution in [0, 0.1) is 0 Å². The van der Waals surface area contributed by atoms with E-state index in [1.54, 1.807) is 0 Å². The Morgan fingerprint density at radius 1 is 1.50 bits per heavy atom. The fraction of sp³-hybridized carbons (Fsp3) is 0.533. The molecule has 2 amide bonds. The average molecular weight is 277 g/mol. The van der Waals surface area contributed by atoms with Crippen LogP contribution < -0.4 is 20.7 Å². The molecule has 1 aliphatic rings. The molecule has 0 bridgehead atoms. The molecule has 5 heteroatoms. The van der Waals surface area contributed by atoms with Crippen molar-refractivity contribution >= 4 is 6.03 Å². The summed E-state index contributed by atoms with van der Waals surface area (Å²) in [4.78, 5) is 11.7.